The zero-order valence-corrected chi connectivity index (χ0v) is 18.4. The molecule has 2 aromatic rings. The van der Waals surface area contributed by atoms with Crippen LogP contribution in [0.5, 0.6) is 0 Å². The summed E-state index contributed by atoms with van der Waals surface area (Å²) < 4.78 is 27.7. The van der Waals surface area contributed by atoms with E-state index in [-0.39, 0.29) is 5.92 Å². The molecule has 0 unspecified atom stereocenters. The van der Waals surface area contributed by atoms with Crippen LogP contribution in [0.4, 0.5) is 10.5 Å². The number of rotatable bonds is 4. The second-order valence-corrected chi connectivity index (χ2v) is 9.78. The predicted octanol–water partition coefficient (Wildman–Crippen LogP) is 3.46. The maximum absolute atomic E-state index is 12.5. The number of hydrogen-bond acceptors (Lipinski definition) is 5. The van der Waals surface area contributed by atoms with Crippen LogP contribution in [-0.2, 0) is 35.9 Å². The molecule has 0 saturated heterocycles. The molecule has 0 bridgehead atoms. The first-order chi connectivity index (χ1) is 14.4. The minimum Gasteiger partial charge on any atom is -0.307 e. The van der Waals surface area contributed by atoms with Gasteiger partial charge in [0.15, 0.2) is 5.82 Å². The molecule has 1 heterocycles. The van der Waals surface area contributed by atoms with Crippen LogP contribution in [0.2, 0.25) is 0 Å². The summed E-state index contributed by atoms with van der Waals surface area (Å²) in [6.45, 7) is 4.25. The van der Waals surface area contributed by atoms with Crippen molar-refractivity contribution in [3.63, 3.8) is 0 Å². The van der Waals surface area contributed by atoms with Crippen molar-refractivity contribution in [2.24, 2.45) is 0 Å². The highest BCUT2D eigenvalue weighted by Gasteiger charge is 2.30. The fourth-order valence-corrected chi connectivity index (χ4v) is 4.92. The van der Waals surface area contributed by atoms with Crippen LogP contribution < -0.4 is 10.0 Å². The minimum atomic E-state index is -4.11. The number of aryl methyl sites for hydroxylation is 2. The predicted molar refractivity (Wildman–Crippen MR) is 115 cm³/mol. The first-order valence-electron chi connectivity index (χ1n) is 10.8. The number of nitrogens with zero attached hydrogens (tertiary/aromatic N) is 3. The van der Waals surface area contributed by atoms with Gasteiger partial charge in [-0.3, -0.25) is 0 Å². The van der Waals surface area contributed by atoms with Crippen molar-refractivity contribution in [3.8, 4) is 0 Å². The molecule has 5 rings (SSSR count). The number of amides is 2. The normalized spacial score (nSPS) is 17.0. The zero-order valence-electron chi connectivity index (χ0n) is 17.6. The summed E-state index contributed by atoms with van der Waals surface area (Å²) >= 11 is 0. The molecule has 0 aliphatic heterocycles. The van der Waals surface area contributed by atoms with Crippen molar-refractivity contribution >= 4 is 21.9 Å². The summed E-state index contributed by atoms with van der Waals surface area (Å²) in [6.07, 6.45) is 10.3. The van der Waals surface area contributed by atoms with Crippen molar-refractivity contribution in [1.82, 2.24) is 18.9 Å². The van der Waals surface area contributed by atoms with Gasteiger partial charge in [-0.2, -0.15) is 8.42 Å². The topological polar surface area (TPSA) is 106 Å². The molecule has 1 aromatic carbocycles. The molecule has 1 saturated carbocycles. The van der Waals surface area contributed by atoms with E-state index >= 15 is 0 Å². The van der Waals surface area contributed by atoms with E-state index in [2.05, 4.69) is 40.0 Å². The molecule has 0 radical (unpaired) electrons. The van der Waals surface area contributed by atoms with Crippen molar-refractivity contribution in [1.29, 1.82) is 0 Å². The number of aromatic nitrogens is 3. The van der Waals surface area contributed by atoms with Gasteiger partial charge in [0.1, 0.15) is 6.33 Å². The molecule has 8 nitrogen and oxygen atoms in total. The highest BCUT2D eigenvalue weighted by atomic mass is 32.2. The summed E-state index contributed by atoms with van der Waals surface area (Å²) in [4.78, 5) is 16.5. The van der Waals surface area contributed by atoms with Crippen molar-refractivity contribution in [2.45, 2.75) is 77.6 Å². The smallest absolute Gasteiger partial charge is 0.307 e. The first-order valence-corrected chi connectivity index (χ1v) is 12.3. The van der Waals surface area contributed by atoms with Gasteiger partial charge in [0.05, 0.1) is 0 Å². The van der Waals surface area contributed by atoms with Crippen LogP contribution in [0.1, 0.15) is 79.9 Å². The third-order valence-electron chi connectivity index (χ3n) is 5.61. The minimum absolute atomic E-state index is 0.241. The maximum Gasteiger partial charge on any atom is 0.347 e. The number of carbonyl (C=O) groups is 1. The van der Waals surface area contributed by atoms with Crippen molar-refractivity contribution in [2.75, 3.05) is 5.32 Å². The lowest BCUT2D eigenvalue weighted by molar-refractivity contribution is 0.256. The van der Waals surface area contributed by atoms with Gasteiger partial charge in [0.25, 0.3) is 0 Å². The Bertz CT molecular complexity index is 1020. The van der Waals surface area contributed by atoms with Gasteiger partial charge in [-0.05, 0) is 73.6 Å². The molecular weight excluding hydrogens is 402 g/mol. The van der Waals surface area contributed by atoms with Gasteiger partial charge in [0.2, 0.25) is 0 Å². The summed E-state index contributed by atoms with van der Waals surface area (Å²) in [5.41, 5.74) is 5.67. The number of nitrogens with one attached hydrogen (secondary N) is 2. The van der Waals surface area contributed by atoms with E-state index in [0.717, 1.165) is 78.6 Å². The summed E-state index contributed by atoms with van der Waals surface area (Å²) in [5.74, 6) is 0.754. The Hall–Kier alpha value is -2.42. The summed E-state index contributed by atoms with van der Waals surface area (Å²) in [5, 5.41) is 6.81. The van der Waals surface area contributed by atoms with Gasteiger partial charge in [-0.25, -0.2) is 14.5 Å². The van der Waals surface area contributed by atoms with Crippen LogP contribution in [0, 0.1) is 0 Å². The Labute approximate surface area is 177 Å². The van der Waals surface area contributed by atoms with Crippen LogP contribution >= 0.6 is 0 Å². The molecule has 9 heteroatoms. The molecular formula is C21H29N5O3S. The van der Waals surface area contributed by atoms with Crippen molar-refractivity contribution < 1.29 is 13.2 Å². The Morgan fingerprint density at radius 2 is 1.70 bits per heavy atom. The standard InChI is InChI=1S/C18H21N5O3S.C3H8/c24-18(22-27(25,26)23-10-19-17(21-23)11-7-8-11)20-16-14-5-1-3-12(14)9-13-4-2-6-15(13)16;1-3-2/h9-11H,1-8H2,(H2,20,22,24);3H2,1-2H3. The number of urea groups is 1. The van der Waals surface area contributed by atoms with Gasteiger partial charge < -0.3 is 5.32 Å². The molecule has 3 aliphatic rings. The summed E-state index contributed by atoms with van der Waals surface area (Å²) in [6, 6.07) is 1.51. The first kappa shape index (κ1) is 20.8. The van der Waals surface area contributed by atoms with Crippen LogP contribution in [0.3, 0.4) is 0 Å². The van der Waals surface area contributed by atoms with Gasteiger partial charge in [-0.1, -0.05) is 26.3 Å². The van der Waals surface area contributed by atoms with Gasteiger partial charge in [0, 0.05) is 11.6 Å². The number of fused-ring (bicyclic) bond motifs is 2. The Morgan fingerprint density at radius 1 is 1.10 bits per heavy atom. The molecule has 1 fully saturated rings. The van der Waals surface area contributed by atoms with Gasteiger partial charge in [-0.15, -0.1) is 9.19 Å². The van der Waals surface area contributed by atoms with Crippen LogP contribution in [0.25, 0.3) is 0 Å². The third-order valence-corrected chi connectivity index (χ3v) is 6.72. The molecule has 0 spiro atoms. The molecule has 162 valence electrons. The summed E-state index contributed by atoms with van der Waals surface area (Å²) in [7, 11) is -4.11. The Balaban J connectivity index is 0.000000687. The lowest BCUT2D eigenvalue weighted by Crippen LogP contribution is -2.38. The molecule has 3 aliphatic carbocycles. The van der Waals surface area contributed by atoms with E-state index in [1.165, 1.54) is 17.5 Å². The highest BCUT2D eigenvalue weighted by Crippen LogP contribution is 2.39. The lowest BCUT2D eigenvalue weighted by atomic mass is 9.99. The van der Waals surface area contributed by atoms with Gasteiger partial charge >= 0.3 is 16.2 Å². The fourth-order valence-electron chi connectivity index (χ4n) is 4.18. The molecule has 30 heavy (non-hydrogen) atoms. The SMILES string of the molecule is CCC.O=C(Nc1c2c(cc3c1CCC3)CCC2)NS(=O)(=O)n1cnc(C2CC2)n1. The largest absolute Gasteiger partial charge is 0.347 e. The Kier molecular flexibility index (Phi) is 5.81. The van der Waals surface area contributed by atoms with Crippen LogP contribution in [0.15, 0.2) is 12.4 Å². The van der Waals surface area contributed by atoms with E-state index in [0.29, 0.717) is 5.82 Å². The molecule has 2 N–H and O–H groups in total. The monoisotopic (exact) mass is 431 g/mol. The van der Waals surface area contributed by atoms with E-state index in [9.17, 15) is 13.2 Å². The second-order valence-electron chi connectivity index (χ2n) is 8.25. The molecule has 2 amide bonds. The average molecular weight is 432 g/mol. The third kappa shape index (κ3) is 4.21. The zero-order chi connectivity index (χ0) is 21.3. The van der Waals surface area contributed by atoms with E-state index in [4.69, 9.17) is 0 Å². The average Bonchev–Trinajstić information content (AvgIpc) is 3.12. The van der Waals surface area contributed by atoms with Crippen molar-refractivity contribution in [3.05, 3.63) is 40.5 Å². The number of hydrogen-bond donors (Lipinski definition) is 2. The lowest BCUT2D eigenvalue weighted by Gasteiger charge is -2.16. The van der Waals surface area contributed by atoms with Crippen LogP contribution in [-0.4, -0.2) is 28.6 Å². The van der Waals surface area contributed by atoms with E-state index in [1.54, 1.807) is 0 Å². The number of anilines is 1. The van der Waals surface area contributed by atoms with E-state index < -0.39 is 16.2 Å². The Morgan fingerprint density at radius 3 is 2.27 bits per heavy atom. The number of carbonyl (C=O) groups excluding carboxylic acids is 1. The quantitative estimate of drug-likeness (QED) is 0.771. The molecule has 1 aromatic heterocycles. The molecule has 0 atom stereocenters. The highest BCUT2D eigenvalue weighted by molar-refractivity contribution is 7.88. The van der Waals surface area contributed by atoms with E-state index in [1.807, 2.05) is 0 Å². The fraction of sp³-hybridized carbons (Fsp3) is 0.571. The number of benzene rings is 1. The second kappa shape index (κ2) is 8.37. The maximum atomic E-state index is 12.5.